The van der Waals surface area contributed by atoms with Gasteiger partial charge in [0.15, 0.2) is 0 Å². The highest BCUT2D eigenvalue weighted by atomic mass is 32.2. The average molecular weight is 373 g/mol. The van der Waals surface area contributed by atoms with Crippen LogP contribution in [0.1, 0.15) is 19.8 Å². The smallest absolute Gasteiger partial charge is 0.239 e. The highest BCUT2D eigenvalue weighted by Gasteiger charge is 2.13. The van der Waals surface area contributed by atoms with Crippen molar-refractivity contribution in [2.75, 3.05) is 18.1 Å². The second kappa shape index (κ2) is 9.11. The highest BCUT2D eigenvalue weighted by molar-refractivity contribution is 7.99. The molecule has 0 aliphatic carbocycles. The largest absolute Gasteiger partial charge is 0.355 e. The van der Waals surface area contributed by atoms with Gasteiger partial charge in [-0.3, -0.25) is 4.79 Å². The summed E-state index contributed by atoms with van der Waals surface area (Å²) in [6.45, 7) is 3.31. The summed E-state index contributed by atoms with van der Waals surface area (Å²) in [7, 11) is 0. The molecule has 2 heterocycles. The first kappa shape index (κ1) is 18.1. The second-order valence-corrected chi connectivity index (χ2v) is 8.14. The number of thiophene rings is 1. The van der Waals surface area contributed by atoms with E-state index in [0.717, 1.165) is 29.9 Å². The van der Waals surface area contributed by atoms with Gasteiger partial charge in [-0.15, -0.1) is 11.3 Å². The molecule has 0 fully saturated rings. The molecule has 1 aromatic carbocycles. The molecule has 0 aliphatic rings. The molecule has 3 aromatic rings. The van der Waals surface area contributed by atoms with Gasteiger partial charge < -0.3 is 9.88 Å². The fraction of sp³-hybridized carbons (Fsp3) is 0.350. The van der Waals surface area contributed by atoms with Crippen molar-refractivity contribution in [1.82, 2.24) is 9.88 Å². The van der Waals surface area contributed by atoms with E-state index >= 15 is 0 Å². The molecule has 0 saturated heterocycles. The number of para-hydroxylation sites is 1. The van der Waals surface area contributed by atoms with Gasteiger partial charge in [0.2, 0.25) is 5.91 Å². The predicted molar refractivity (Wildman–Crippen MR) is 110 cm³/mol. The van der Waals surface area contributed by atoms with Gasteiger partial charge in [-0.05, 0) is 47.9 Å². The Morgan fingerprint density at radius 1 is 1.20 bits per heavy atom. The van der Waals surface area contributed by atoms with Crippen LogP contribution in [0.25, 0.3) is 21.5 Å². The van der Waals surface area contributed by atoms with Gasteiger partial charge in [-0.1, -0.05) is 31.2 Å². The summed E-state index contributed by atoms with van der Waals surface area (Å²) in [5.74, 6) is 2.40. The van der Waals surface area contributed by atoms with Crippen LogP contribution in [0.3, 0.4) is 0 Å². The van der Waals surface area contributed by atoms with Crippen LogP contribution in [0.2, 0.25) is 0 Å². The van der Waals surface area contributed by atoms with E-state index in [0.29, 0.717) is 6.54 Å². The minimum atomic E-state index is 0.0830. The number of amides is 1. The number of thioether (sulfide) groups is 1. The van der Waals surface area contributed by atoms with Crippen molar-refractivity contribution >= 4 is 39.9 Å². The minimum Gasteiger partial charge on any atom is -0.355 e. The zero-order valence-electron chi connectivity index (χ0n) is 14.5. The maximum atomic E-state index is 12.4. The number of carbonyl (C=O) groups excluding carboxylic acids is 1. The van der Waals surface area contributed by atoms with E-state index in [1.54, 1.807) is 11.3 Å². The Bertz CT molecular complexity index is 808. The zero-order chi connectivity index (χ0) is 17.5. The number of aromatic nitrogens is 1. The summed E-state index contributed by atoms with van der Waals surface area (Å²) >= 11 is 3.66. The SMILES string of the molecule is CCCSCCCNC(=O)Cn1c(-c2cccs2)cc2ccccc21. The molecule has 132 valence electrons. The number of fused-ring (bicyclic) bond motifs is 1. The molecule has 0 unspecified atom stereocenters. The number of nitrogens with one attached hydrogen (secondary N) is 1. The standard InChI is InChI=1S/C20H24N2OS2/c1-2-11-24-12-6-10-21-20(23)15-22-17-8-4-3-7-16(17)14-18(22)19-9-5-13-25-19/h3-5,7-9,13-14H,2,6,10-12,15H2,1H3,(H,21,23). The fourth-order valence-corrected chi connectivity index (χ4v) is 4.45. The summed E-state index contributed by atoms with van der Waals surface area (Å²) in [5.41, 5.74) is 2.23. The molecule has 0 radical (unpaired) electrons. The Morgan fingerprint density at radius 3 is 2.88 bits per heavy atom. The van der Waals surface area contributed by atoms with Crippen LogP contribution in [0.5, 0.6) is 0 Å². The van der Waals surface area contributed by atoms with Gasteiger partial charge in [0.1, 0.15) is 6.54 Å². The van der Waals surface area contributed by atoms with Crippen LogP contribution >= 0.6 is 23.1 Å². The van der Waals surface area contributed by atoms with Crippen molar-refractivity contribution in [3.8, 4) is 10.6 Å². The number of benzene rings is 1. The topological polar surface area (TPSA) is 34.0 Å². The van der Waals surface area contributed by atoms with Crippen LogP contribution in [-0.2, 0) is 11.3 Å². The third-order valence-electron chi connectivity index (χ3n) is 4.02. The molecule has 5 heteroatoms. The van der Waals surface area contributed by atoms with E-state index in [1.807, 2.05) is 23.9 Å². The minimum absolute atomic E-state index is 0.0830. The van der Waals surface area contributed by atoms with Crippen LogP contribution in [0, 0.1) is 0 Å². The first-order chi connectivity index (χ1) is 12.3. The Kier molecular flexibility index (Phi) is 6.59. The number of hydrogen-bond donors (Lipinski definition) is 1. The van der Waals surface area contributed by atoms with E-state index in [9.17, 15) is 4.79 Å². The second-order valence-electron chi connectivity index (χ2n) is 5.97. The highest BCUT2D eigenvalue weighted by Crippen LogP contribution is 2.31. The van der Waals surface area contributed by atoms with Crippen molar-refractivity contribution in [1.29, 1.82) is 0 Å². The molecule has 2 aromatic heterocycles. The van der Waals surface area contributed by atoms with Crippen molar-refractivity contribution in [2.24, 2.45) is 0 Å². The van der Waals surface area contributed by atoms with Crippen LogP contribution in [-0.4, -0.2) is 28.5 Å². The van der Waals surface area contributed by atoms with Crippen molar-refractivity contribution in [3.63, 3.8) is 0 Å². The van der Waals surface area contributed by atoms with E-state index in [1.165, 1.54) is 22.4 Å². The van der Waals surface area contributed by atoms with Crippen molar-refractivity contribution in [3.05, 3.63) is 47.8 Å². The van der Waals surface area contributed by atoms with E-state index in [2.05, 4.69) is 52.5 Å². The van der Waals surface area contributed by atoms with E-state index in [-0.39, 0.29) is 5.91 Å². The number of carbonyl (C=O) groups is 1. The van der Waals surface area contributed by atoms with Gasteiger partial charge in [0.25, 0.3) is 0 Å². The van der Waals surface area contributed by atoms with Gasteiger partial charge in [-0.25, -0.2) is 0 Å². The molecule has 3 rings (SSSR count). The van der Waals surface area contributed by atoms with Gasteiger partial charge in [-0.2, -0.15) is 11.8 Å². The normalized spacial score (nSPS) is 11.1. The molecule has 1 N–H and O–H groups in total. The molecule has 0 spiro atoms. The maximum absolute atomic E-state index is 12.4. The quantitative estimate of drug-likeness (QED) is 0.535. The van der Waals surface area contributed by atoms with Crippen molar-refractivity contribution in [2.45, 2.75) is 26.3 Å². The molecule has 3 nitrogen and oxygen atoms in total. The zero-order valence-corrected chi connectivity index (χ0v) is 16.2. The third kappa shape index (κ3) is 4.67. The lowest BCUT2D eigenvalue weighted by atomic mass is 10.2. The number of hydrogen-bond acceptors (Lipinski definition) is 3. The van der Waals surface area contributed by atoms with Crippen LogP contribution in [0.15, 0.2) is 47.8 Å². The van der Waals surface area contributed by atoms with Crippen molar-refractivity contribution < 1.29 is 4.79 Å². The van der Waals surface area contributed by atoms with Gasteiger partial charge in [0.05, 0.1) is 10.6 Å². The van der Waals surface area contributed by atoms with E-state index < -0.39 is 0 Å². The molecule has 0 atom stereocenters. The molecule has 25 heavy (non-hydrogen) atoms. The lowest BCUT2D eigenvalue weighted by Gasteiger charge is -2.10. The monoisotopic (exact) mass is 372 g/mol. The summed E-state index contributed by atoms with van der Waals surface area (Å²) in [6, 6.07) is 14.6. The number of rotatable bonds is 9. The van der Waals surface area contributed by atoms with Crippen LogP contribution in [0.4, 0.5) is 0 Å². The summed E-state index contributed by atoms with van der Waals surface area (Å²) < 4.78 is 2.13. The molecule has 1 amide bonds. The molecule has 0 bridgehead atoms. The lowest BCUT2D eigenvalue weighted by molar-refractivity contribution is -0.121. The van der Waals surface area contributed by atoms with Gasteiger partial charge in [0, 0.05) is 17.4 Å². The Morgan fingerprint density at radius 2 is 2.08 bits per heavy atom. The summed E-state index contributed by atoms with van der Waals surface area (Å²) in [5, 5.41) is 6.32. The Labute approximate surface area is 157 Å². The number of nitrogens with zero attached hydrogens (tertiary/aromatic N) is 1. The fourth-order valence-electron chi connectivity index (χ4n) is 2.86. The molecular formula is C20H24N2OS2. The lowest BCUT2D eigenvalue weighted by Crippen LogP contribution is -2.28. The molecule has 0 saturated carbocycles. The molecule has 0 aliphatic heterocycles. The first-order valence-corrected chi connectivity index (χ1v) is 10.8. The predicted octanol–water partition coefficient (Wildman–Crippen LogP) is 5.02. The first-order valence-electron chi connectivity index (χ1n) is 8.76. The summed E-state index contributed by atoms with van der Waals surface area (Å²) in [4.78, 5) is 13.6. The summed E-state index contributed by atoms with van der Waals surface area (Å²) in [6.07, 6.45) is 2.24. The maximum Gasteiger partial charge on any atom is 0.239 e. The third-order valence-corrected chi connectivity index (χ3v) is 6.19. The molecular weight excluding hydrogens is 348 g/mol. The Balaban J connectivity index is 1.68. The van der Waals surface area contributed by atoms with E-state index in [4.69, 9.17) is 0 Å². The average Bonchev–Trinajstić information content (AvgIpc) is 3.26. The Hall–Kier alpha value is -1.72. The van der Waals surface area contributed by atoms with Crippen LogP contribution < -0.4 is 5.32 Å². The van der Waals surface area contributed by atoms with Gasteiger partial charge >= 0.3 is 0 Å².